The molecule has 0 aliphatic heterocycles. The van der Waals surface area contributed by atoms with Crippen molar-refractivity contribution in [3.63, 3.8) is 0 Å². The van der Waals surface area contributed by atoms with Crippen LogP contribution in [0.2, 0.25) is 0 Å². The van der Waals surface area contributed by atoms with Gasteiger partial charge in [-0.25, -0.2) is 0 Å². The summed E-state index contributed by atoms with van der Waals surface area (Å²) in [5.74, 6) is 0. The van der Waals surface area contributed by atoms with Gasteiger partial charge in [0.05, 0.1) is 0 Å². The van der Waals surface area contributed by atoms with Gasteiger partial charge in [0.25, 0.3) is 0 Å². The molecule has 0 N–H and O–H groups in total. The Bertz CT molecular complexity index is 3230. The first-order valence-corrected chi connectivity index (χ1v) is 20.1. The molecule has 0 unspecified atom stereocenters. The highest BCUT2D eigenvalue weighted by atomic mass is 14.4. The van der Waals surface area contributed by atoms with E-state index in [-0.39, 0.29) is 10.8 Å². The first kappa shape index (κ1) is 30.8. The van der Waals surface area contributed by atoms with Gasteiger partial charge in [0, 0.05) is 10.8 Å². The van der Waals surface area contributed by atoms with Gasteiger partial charge >= 0.3 is 0 Å². The largest absolute Gasteiger partial charge is 0.0610 e. The SMILES string of the molecule is CC1(C)c2cc(-c3ccc(-c4ccc5c(c4)C(C)(C)c4cc6ccc7cccc8ccc(c4-5)c6c78)cc3)ccc2-c2c1cc1ccc3cccc4ccc2c1c34. The minimum Gasteiger partial charge on any atom is -0.0610 e. The van der Waals surface area contributed by atoms with Gasteiger partial charge in [0.2, 0.25) is 0 Å². The Balaban J connectivity index is 0.891. The van der Waals surface area contributed by atoms with Crippen LogP contribution in [0.3, 0.4) is 0 Å². The van der Waals surface area contributed by atoms with Crippen molar-refractivity contribution in [2.75, 3.05) is 0 Å². The van der Waals surface area contributed by atoms with Gasteiger partial charge in [-0.3, -0.25) is 0 Å². The molecule has 13 rings (SSSR count). The van der Waals surface area contributed by atoms with Crippen LogP contribution in [-0.2, 0) is 10.8 Å². The number of hydrogen-bond acceptors (Lipinski definition) is 0. The molecule has 0 nitrogen and oxygen atoms in total. The van der Waals surface area contributed by atoms with Gasteiger partial charge in [-0.05, 0) is 156 Å². The third-order valence-electron chi connectivity index (χ3n) is 14.1. The predicted molar refractivity (Wildman–Crippen MR) is 240 cm³/mol. The summed E-state index contributed by atoms with van der Waals surface area (Å²) in [4.78, 5) is 0. The Hall–Kier alpha value is -6.50. The molecule has 0 saturated carbocycles. The zero-order chi connectivity index (χ0) is 37.2. The summed E-state index contributed by atoms with van der Waals surface area (Å²) in [5.41, 5.74) is 16.1. The Morgan fingerprint density at radius 3 is 1.05 bits per heavy atom. The van der Waals surface area contributed by atoms with Gasteiger partial charge in [-0.15, -0.1) is 0 Å². The van der Waals surface area contributed by atoms with Gasteiger partial charge in [-0.1, -0.05) is 161 Å². The van der Waals surface area contributed by atoms with Crippen LogP contribution in [-0.4, -0.2) is 0 Å². The highest BCUT2D eigenvalue weighted by Gasteiger charge is 2.39. The summed E-state index contributed by atoms with van der Waals surface area (Å²) in [5, 5.41) is 16.3. The summed E-state index contributed by atoms with van der Waals surface area (Å²) in [6.07, 6.45) is 0. The zero-order valence-electron chi connectivity index (χ0n) is 32.0. The van der Waals surface area contributed by atoms with E-state index >= 15 is 0 Å². The molecule has 0 amide bonds. The van der Waals surface area contributed by atoms with Gasteiger partial charge in [0.1, 0.15) is 0 Å². The van der Waals surface area contributed by atoms with Crippen molar-refractivity contribution in [3.05, 3.63) is 180 Å². The van der Waals surface area contributed by atoms with Crippen LogP contribution >= 0.6 is 0 Å². The molecule has 0 fully saturated rings. The average Bonchev–Trinajstić information content (AvgIpc) is 3.60. The van der Waals surface area contributed by atoms with Crippen molar-refractivity contribution in [1.29, 1.82) is 0 Å². The smallest absolute Gasteiger partial charge is 0.0159 e. The van der Waals surface area contributed by atoms with Crippen LogP contribution in [0, 0.1) is 0 Å². The molecule has 262 valence electrons. The fourth-order valence-electron chi connectivity index (χ4n) is 11.3. The minimum absolute atomic E-state index is 0.102. The maximum Gasteiger partial charge on any atom is 0.0159 e. The van der Waals surface area contributed by atoms with Crippen molar-refractivity contribution >= 4 is 64.6 Å². The molecular weight excluding hydrogens is 673 g/mol. The zero-order valence-corrected chi connectivity index (χ0v) is 32.0. The average molecular weight is 711 g/mol. The third-order valence-corrected chi connectivity index (χ3v) is 14.1. The highest BCUT2D eigenvalue weighted by molar-refractivity contribution is 6.28. The molecule has 2 aliphatic rings. The lowest BCUT2D eigenvalue weighted by Crippen LogP contribution is -2.15. The summed E-state index contributed by atoms with van der Waals surface area (Å²) in [6, 6.07) is 60.5. The summed E-state index contributed by atoms with van der Waals surface area (Å²) >= 11 is 0. The number of rotatable bonds is 2. The normalized spacial score (nSPS) is 15.1. The minimum atomic E-state index is -0.102. The number of benzene rings is 11. The fraction of sp³-hybridized carbons (Fsp3) is 0.107. The molecule has 2 aliphatic carbocycles. The van der Waals surface area contributed by atoms with E-state index in [2.05, 4.69) is 185 Å². The monoisotopic (exact) mass is 710 g/mol. The number of fused-ring (bicyclic) bond motifs is 8. The van der Waals surface area contributed by atoms with E-state index in [1.54, 1.807) is 0 Å². The summed E-state index contributed by atoms with van der Waals surface area (Å²) in [7, 11) is 0. The van der Waals surface area contributed by atoms with Crippen molar-refractivity contribution in [3.8, 4) is 44.5 Å². The Morgan fingerprint density at radius 1 is 0.286 bits per heavy atom. The van der Waals surface area contributed by atoms with E-state index in [9.17, 15) is 0 Å². The summed E-state index contributed by atoms with van der Waals surface area (Å²) in [6.45, 7) is 9.62. The first-order chi connectivity index (χ1) is 27.3. The van der Waals surface area contributed by atoms with Crippen LogP contribution < -0.4 is 0 Å². The van der Waals surface area contributed by atoms with E-state index in [0.717, 1.165) is 0 Å². The van der Waals surface area contributed by atoms with Gasteiger partial charge in [0.15, 0.2) is 0 Å². The Labute approximate surface area is 326 Å². The van der Waals surface area contributed by atoms with E-state index in [0.29, 0.717) is 0 Å². The second-order valence-electron chi connectivity index (χ2n) is 17.7. The van der Waals surface area contributed by atoms with E-state index in [4.69, 9.17) is 0 Å². The van der Waals surface area contributed by atoms with Gasteiger partial charge in [-0.2, -0.15) is 0 Å². The molecule has 0 heteroatoms. The van der Waals surface area contributed by atoms with E-state index < -0.39 is 0 Å². The number of hydrogen-bond donors (Lipinski definition) is 0. The van der Waals surface area contributed by atoms with Crippen LogP contribution in [0.25, 0.3) is 109 Å². The maximum atomic E-state index is 2.47. The second-order valence-corrected chi connectivity index (χ2v) is 17.7. The maximum absolute atomic E-state index is 2.47. The Kier molecular flexibility index (Phi) is 5.62. The van der Waals surface area contributed by atoms with Crippen molar-refractivity contribution in [2.45, 2.75) is 38.5 Å². The van der Waals surface area contributed by atoms with Crippen molar-refractivity contribution < 1.29 is 0 Å². The molecule has 0 saturated heterocycles. The van der Waals surface area contributed by atoms with Crippen LogP contribution in [0.4, 0.5) is 0 Å². The molecule has 0 aromatic heterocycles. The lowest BCUT2D eigenvalue weighted by atomic mass is 9.80. The third kappa shape index (κ3) is 3.75. The van der Waals surface area contributed by atoms with Crippen LogP contribution in [0.15, 0.2) is 158 Å². The standard InChI is InChI=1S/C56H38/c1-55(2)45-27-37(21-23-41(45)53-43-25-19-35-9-5-7-33-15-17-39(29-47(53)55)51(43)49(33)35)31-11-13-32(14-12-31)38-22-24-42-46(28-38)56(3,4)48-30-40-18-16-34-8-6-10-36-20-26-44(54(42)48)52(40)50(34)36/h5-30H,1-4H3. The molecule has 0 heterocycles. The lowest BCUT2D eigenvalue weighted by Gasteiger charge is -2.23. The van der Waals surface area contributed by atoms with E-state index in [1.807, 2.05) is 0 Å². The quantitative estimate of drug-likeness (QED) is 0.157. The molecule has 11 aromatic rings. The summed E-state index contributed by atoms with van der Waals surface area (Å²) < 4.78 is 0. The molecule has 0 radical (unpaired) electrons. The van der Waals surface area contributed by atoms with E-state index in [1.165, 1.54) is 131 Å². The molecule has 56 heavy (non-hydrogen) atoms. The van der Waals surface area contributed by atoms with Crippen LogP contribution in [0.5, 0.6) is 0 Å². The van der Waals surface area contributed by atoms with Crippen molar-refractivity contribution in [1.82, 2.24) is 0 Å². The molecule has 0 spiro atoms. The molecule has 11 aromatic carbocycles. The van der Waals surface area contributed by atoms with Crippen molar-refractivity contribution in [2.24, 2.45) is 0 Å². The highest BCUT2D eigenvalue weighted by Crippen LogP contribution is 2.56. The molecule has 0 bridgehead atoms. The topological polar surface area (TPSA) is 0 Å². The fourth-order valence-corrected chi connectivity index (χ4v) is 11.3. The molecular formula is C56H38. The second kappa shape index (κ2) is 10.2. The predicted octanol–water partition coefficient (Wildman–Crippen LogP) is 15.4. The lowest BCUT2D eigenvalue weighted by molar-refractivity contribution is 0.661. The van der Waals surface area contributed by atoms with Gasteiger partial charge < -0.3 is 0 Å². The van der Waals surface area contributed by atoms with Crippen LogP contribution in [0.1, 0.15) is 49.9 Å². The Morgan fingerprint density at radius 2 is 0.643 bits per heavy atom. The molecule has 0 atom stereocenters. The first-order valence-electron chi connectivity index (χ1n) is 20.1.